The van der Waals surface area contributed by atoms with Crippen LogP contribution in [0.15, 0.2) is 66.7 Å². The minimum Gasteiger partial charge on any atom is -0.340 e. The van der Waals surface area contributed by atoms with Crippen LogP contribution in [0.2, 0.25) is 0 Å². The zero-order valence-electron chi connectivity index (χ0n) is 22.9. The van der Waals surface area contributed by atoms with Crippen molar-refractivity contribution in [2.45, 2.75) is 45.1 Å². The van der Waals surface area contributed by atoms with E-state index in [-0.39, 0.29) is 37.0 Å². The Balaban J connectivity index is 1.52. The van der Waals surface area contributed by atoms with Crippen molar-refractivity contribution in [3.05, 3.63) is 77.9 Å². The van der Waals surface area contributed by atoms with Crippen LogP contribution in [0.3, 0.4) is 0 Å². The van der Waals surface area contributed by atoms with Gasteiger partial charge in [0.05, 0.1) is 13.1 Å². The van der Waals surface area contributed by atoms with Crippen LogP contribution >= 0.6 is 0 Å². The van der Waals surface area contributed by atoms with Gasteiger partial charge >= 0.3 is 6.03 Å². The molecule has 2 aliphatic heterocycles. The van der Waals surface area contributed by atoms with Crippen molar-refractivity contribution >= 4 is 40.7 Å². The first-order valence-corrected chi connectivity index (χ1v) is 13.5. The van der Waals surface area contributed by atoms with Crippen molar-refractivity contribution in [3.63, 3.8) is 0 Å². The molecule has 0 unspecified atom stereocenters. The average molecular weight is 543 g/mol. The zero-order valence-corrected chi connectivity index (χ0v) is 22.9. The van der Waals surface area contributed by atoms with E-state index in [2.05, 4.69) is 16.7 Å². The molecule has 2 fully saturated rings. The summed E-state index contributed by atoms with van der Waals surface area (Å²) in [7, 11) is 1.57. The van der Waals surface area contributed by atoms with Crippen LogP contribution < -0.4 is 10.6 Å². The molecule has 2 heterocycles. The summed E-state index contributed by atoms with van der Waals surface area (Å²) in [5, 5.41) is 10.8. The Morgan fingerprint density at radius 2 is 1.77 bits per heavy atom. The zero-order chi connectivity index (χ0) is 28.4. The molecule has 3 aromatic rings. The topological polar surface area (TPSA) is 105 Å². The summed E-state index contributed by atoms with van der Waals surface area (Å²) < 4.78 is 0. The lowest BCUT2D eigenvalue weighted by Gasteiger charge is -2.47. The molecule has 0 spiro atoms. The highest BCUT2D eigenvalue weighted by Gasteiger charge is 2.52. The first kappa shape index (κ1) is 27.1. The van der Waals surface area contributed by atoms with Crippen LogP contribution in [0.25, 0.3) is 10.8 Å². The number of benzene rings is 3. The average Bonchev–Trinajstić information content (AvgIpc) is 3.26. The maximum absolute atomic E-state index is 14.1. The van der Waals surface area contributed by atoms with Crippen LogP contribution in [0, 0.1) is 0 Å². The van der Waals surface area contributed by atoms with Gasteiger partial charge in [-0.1, -0.05) is 54.6 Å². The molecule has 2 N–H and O–H groups in total. The van der Waals surface area contributed by atoms with Gasteiger partial charge in [-0.25, -0.2) is 4.79 Å². The smallest absolute Gasteiger partial charge is 0.331 e. The number of rotatable bonds is 8. The van der Waals surface area contributed by atoms with E-state index in [1.807, 2.05) is 67.3 Å². The number of urea groups is 1. The Labute approximate surface area is 233 Å². The summed E-state index contributed by atoms with van der Waals surface area (Å²) in [6, 6.07) is 20.1. The van der Waals surface area contributed by atoms with Crippen molar-refractivity contribution in [1.82, 2.24) is 25.1 Å². The first-order chi connectivity index (χ1) is 19.3. The third-order valence-corrected chi connectivity index (χ3v) is 7.60. The molecule has 2 atom stereocenters. The summed E-state index contributed by atoms with van der Waals surface area (Å²) in [6.45, 7) is 4.46. The van der Waals surface area contributed by atoms with Gasteiger partial charge in [-0.05, 0) is 47.9 Å². The second kappa shape index (κ2) is 11.4. The molecule has 2 saturated heterocycles. The summed E-state index contributed by atoms with van der Waals surface area (Å²) in [5.74, 6) is -0.326. The number of hydrazine groups is 1. The van der Waals surface area contributed by atoms with E-state index in [0.717, 1.165) is 21.9 Å². The van der Waals surface area contributed by atoms with E-state index in [4.69, 9.17) is 0 Å². The van der Waals surface area contributed by atoms with Crippen molar-refractivity contribution < 1.29 is 19.2 Å². The normalized spacial score (nSPS) is 19.2. The number of piperazine rings is 1. The molecular formula is C30H34N6O4. The summed E-state index contributed by atoms with van der Waals surface area (Å²) in [6.07, 6.45) is 0.421. The molecule has 2 aliphatic rings. The van der Waals surface area contributed by atoms with E-state index in [9.17, 15) is 19.2 Å². The van der Waals surface area contributed by atoms with Gasteiger partial charge in [0.2, 0.25) is 18.2 Å². The number of carbonyl (C=O) groups excluding carboxylic acids is 4. The minimum atomic E-state index is -0.741. The Morgan fingerprint density at radius 3 is 2.48 bits per heavy atom. The second-order valence-corrected chi connectivity index (χ2v) is 10.4. The molecule has 0 radical (unpaired) electrons. The molecule has 208 valence electrons. The first-order valence-electron chi connectivity index (χ1n) is 13.5. The Morgan fingerprint density at radius 1 is 1.05 bits per heavy atom. The standard InChI is InChI=1S/C30H34N6O4/c1-20(2)36(30(40)31-3)34-18-28(38)35-26(15-21-11-13-24(14-12-21)32-19-37)29(39)33(17-27(34)35)16-23-9-6-8-22-7-4-5-10-25(22)23/h4-14,19-20,26-27H,15-18H2,1-3H3,(H,31,40)(H,32,37)/t26-,27+/m0/s1. The number of nitrogens with one attached hydrogen (secondary N) is 2. The molecule has 3 aromatic carbocycles. The van der Waals surface area contributed by atoms with Gasteiger partial charge in [-0.2, -0.15) is 5.01 Å². The highest BCUT2D eigenvalue weighted by molar-refractivity contribution is 5.92. The largest absolute Gasteiger partial charge is 0.340 e. The van der Waals surface area contributed by atoms with Crippen LogP contribution in [-0.2, 0) is 27.3 Å². The minimum absolute atomic E-state index is 0.00431. The van der Waals surface area contributed by atoms with Crippen LogP contribution in [0.4, 0.5) is 10.5 Å². The number of hydrogen-bond donors (Lipinski definition) is 2. The lowest BCUT2D eigenvalue weighted by molar-refractivity contribution is -0.158. The Hall–Kier alpha value is -4.44. The predicted octanol–water partition coefficient (Wildman–Crippen LogP) is 2.80. The molecular weight excluding hydrogens is 508 g/mol. The number of hydrogen-bond acceptors (Lipinski definition) is 5. The van der Waals surface area contributed by atoms with Gasteiger partial charge < -0.3 is 20.4 Å². The number of anilines is 1. The van der Waals surface area contributed by atoms with Gasteiger partial charge in [0.1, 0.15) is 12.2 Å². The highest BCUT2D eigenvalue weighted by Crippen LogP contribution is 2.32. The van der Waals surface area contributed by atoms with Crippen molar-refractivity contribution in [3.8, 4) is 0 Å². The van der Waals surface area contributed by atoms with Gasteiger partial charge in [0.25, 0.3) is 0 Å². The third kappa shape index (κ3) is 5.10. The van der Waals surface area contributed by atoms with Crippen molar-refractivity contribution in [2.75, 3.05) is 25.5 Å². The van der Waals surface area contributed by atoms with E-state index in [1.165, 1.54) is 0 Å². The number of carbonyl (C=O) groups is 4. The quantitative estimate of drug-likeness (QED) is 0.426. The SMILES string of the molecule is CNC(=O)N(C(C)C)N1CC(=O)N2[C@@H](Cc3ccc(NC=O)cc3)C(=O)N(Cc3cccc4ccccc34)C[C@@H]21. The van der Waals surface area contributed by atoms with Crippen LogP contribution in [-0.4, -0.2) is 82.5 Å². The van der Waals surface area contributed by atoms with E-state index < -0.39 is 12.2 Å². The second-order valence-electron chi connectivity index (χ2n) is 10.4. The lowest BCUT2D eigenvalue weighted by atomic mass is 9.98. The fraction of sp³-hybridized carbons (Fsp3) is 0.333. The molecule has 5 amide bonds. The number of amides is 5. The molecule has 0 aromatic heterocycles. The molecule has 0 bridgehead atoms. The Bertz CT molecular complexity index is 1420. The Kier molecular flexibility index (Phi) is 7.70. The van der Waals surface area contributed by atoms with E-state index in [0.29, 0.717) is 25.1 Å². The van der Waals surface area contributed by atoms with E-state index in [1.54, 1.807) is 34.1 Å². The molecule has 10 nitrogen and oxygen atoms in total. The summed E-state index contributed by atoms with van der Waals surface area (Å²) in [5.41, 5.74) is 2.52. The lowest BCUT2D eigenvalue weighted by Crippen LogP contribution is -2.66. The van der Waals surface area contributed by atoms with Gasteiger partial charge in [-0.3, -0.25) is 19.4 Å². The van der Waals surface area contributed by atoms with Crippen LogP contribution in [0.1, 0.15) is 25.0 Å². The van der Waals surface area contributed by atoms with E-state index >= 15 is 0 Å². The van der Waals surface area contributed by atoms with Crippen molar-refractivity contribution in [2.24, 2.45) is 0 Å². The third-order valence-electron chi connectivity index (χ3n) is 7.60. The molecule has 10 heteroatoms. The number of fused-ring (bicyclic) bond motifs is 2. The fourth-order valence-corrected chi connectivity index (χ4v) is 5.79. The maximum Gasteiger partial charge on any atom is 0.331 e. The molecule has 0 aliphatic carbocycles. The van der Waals surface area contributed by atoms with Crippen LogP contribution in [0.5, 0.6) is 0 Å². The van der Waals surface area contributed by atoms with Gasteiger partial charge in [-0.15, -0.1) is 0 Å². The summed E-state index contributed by atoms with van der Waals surface area (Å²) >= 11 is 0. The molecule has 0 saturated carbocycles. The molecule has 5 rings (SSSR count). The van der Waals surface area contributed by atoms with Crippen molar-refractivity contribution in [1.29, 1.82) is 0 Å². The highest BCUT2D eigenvalue weighted by atomic mass is 16.2. The number of nitrogens with zero attached hydrogens (tertiary/aromatic N) is 4. The maximum atomic E-state index is 14.1. The monoisotopic (exact) mass is 542 g/mol. The predicted molar refractivity (Wildman–Crippen MR) is 152 cm³/mol. The van der Waals surface area contributed by atoms with Gasteiger partial charge in [0, 0.05) is 31.7 Å². The van der Waals surface area contributed by atoms with Gasteiger partial charge in [0.15, 0.2) is 0 Å². The summed E-state index contributed by atoms with van der Waals surface area (Å²) in [4.78, 5) is 54.7. The molecule has 40 heavy (non-hydrogen) atoms. The fourth-order valence-electron chi connectivity index (χ4n) is 5.79.